The highest BCUT2D eigenvalue weighted by molar-refractivity contribution is 6.00. The molecule has 0 bridgehead atoms. The summed E-state index contributed by atoms with van der Waals surface area (Å²) < 4.78 is 62.8. The van der Waals surface area contributed by atoms with Gasteiger partial charge in [0.15, 0.2) is 0 Å². The number of carbonyl (C=O) groups excluding carboxylic acids is 1. The summed E-state index contributed by atoms with van der Waals surface area (Å²) in [6.45, 7) is 2.86. The maximum atomic E-state index is 14.5. The van der Waals surface area contributed by atoms with E-state index in [1.54, 1.807) is 65.6 Å². The van der Waals surface area contributed by atoms with Crippen molar-refractivity contribution in [3.8, 4) is 5.88 Å². The lowest BCUT2D eigenvalue weighted by atomic mass is 9.88. The highest BCUT2D eigenvalue weighted by Gasteiger charge is 2.32. The minimum absolute atomic E-state index is 0.0308. The smallest absolute Gasteiger partial charge is 0.393 e. The van der Waals surface area contributed by atoms with Crippen LogP contribution in [0.3, 0.4) is 0 Å². The van der Waals surface area contributed by atoms with Crippen molar-refractivity contribution in [2.45, 2.75) is 38.0 Å². The monoisotopic (exact) mass is 631 g/mol. The van der Waals surface area contributed by atoms with Gasteiger partial charge < -0.3 is 9.64 Å². The summed E-state index contributed by atoms with van der Waals surface area (Å²) in [5, 5.41) is 6.38. The van der Waals surface area contributed by atoms with Crippen LogP contribution >= 0.6 is 0 Å². The zero-order valence-electron chi connectivity index (χ0n) is 25.0. The number of hydrogen-bond acceptors (Lipinski definition) is 5. The minimum atomic E-state index is -4.50. The molecule has 1 atom stereocenters. The van der Waals surface area contributed by atoms with Gasteiger partial charge in [0, 0.05) is 49.7 Å². The number of allylic oxidation sites excluding steroid dienone is 1. The van der Waals surface area contributed by atoms with Gasteiger partial charge in [0.25, 0.3) is 0 Å². The zero-order valence-corrected chi connectivity index (χ0v) is 25.0. The third kappa shape index (κ3) is 7.54. The molecule has 2 aliphatic rings. The number of H-pyrrole nitrogens is 1. The molecule has 0 radical (unpaired) electrons. The van der Waals surface area contributed by atoms with Crippen molar-refractivity contribution in [3.05, 3.63) is 114 Å². The maximum absolute atomic E-state index is 14.5. The van der Waals surface area contributed by atoms with Gasteiger partial charge in [-0.25, -0.2) is 4.98 Å². The molecular weight excluding hydrogens is 598 g/mol. The van der Waals surface area contributed by atoms with Crippen LogP contribution < -0.4 is 4.74 Å². The molecule has 4 aromatic rings. The number of fused-ring (bicyclic) bond motifs is 1. The van der Waals surface area contributed by atoms with Gasteiger partial charge in [-0.2, -0.15) is 22.7 Å². The fourth-order valence-electron chi connectivity index (χ4n) is 5.94. The van der Waals surface area contributed by atoms with Crippen LogP contribution in [0.15, 0.2) is 91.3 Å². The summed E-state index contributed by atoms with van der Waals surface area (Å²) in [6.07, 6.45) is 5.55. The third-order valence-corrected chi connectivity index (χ3v) is 8.10. The molecule has 1 saturated heterocycles. The highest BCUT2D eigenvalue weighted by atomic mass is 19.4. The quantitative estimate of drug-likeness (QED) is 0.121. The summed E-state index contributed by atoms with van der Waals surface area (Å²) in [4.78, 5) is 20.7. The van der Waals surface area contributed by atoms with Crippen molar-refractivity contribution in [2.75, 3.05) is 26.2 Å². The highest BCUT2D eigenvalue weighted by Crippen LogP contribution is 2.40. The van der Waals surface area contributed by atoms with E-state index in [1.807, 2.05) is 18.4 Å². The number of pyridine rings is 1. The average Bonchev–Trinajstić information content (AvgIpc) is 3.72. The third-order valence-electron chi connectivity index (χ3n) is 8.10. The molecule has 1 fully saturated rings. The lowest BCUT2D eigenvalue weighted by Gasteiger charge is -2.31. The number of benzene rings is 2. The van der Waals surface area contributed by atoms with Crippen molar-refractivity contribution in [2.24, 2.45) is 0 Å². The fourth-order valence-corrected chi connectivity index (χ4v) is 5.94. The van der Waals surface area contributed by atoms with Crippen molar-refractivity contribution in [1.82, 2.24) is 25.0 Å². The number of amides is 1. The summed E-state index contributed by atoms with van der Waals surface area (Å²) in [5.74, 6) is -0.339. The van der Waals surface area contributed by atoms with Crippen LogP contribution in [0.2, 0.25) is 0 Å². The molecule has 1 N–H and O–H groups in total. The number of nitrogens with one attached hydrogen (secondary N) is 1. The molecular formula is C35H33F4N5O2. The van der Waals surface area contributed by atoms with Gasteiger partial charge in [-0.15, -0.1) is 0 Å². The van der Waals surface area contributed by atoms with E-state index < -0.39 is 18.5 Å². The molecule has 0 unspecified atom stereocenters. The van der Waals surface area contributed by atoms with E-state index in [-0.39, 0.29) is 23.0 Å². The van der Waals surface area contributed by atoms with Crippen LogP contribution in [-0.2, 0) is 4.79 Å². The molecule has 4 heterocycles. The molecule has 2 aliphatic heterocycles. The van der Waals surface area contributed by atoms with Crippen molar-refractivity contribution < 1.29 is 27.1 Å². The second-order valence-corrected chi connectivity index (χ2v) is 11.4. The Morgan fingerprint density at radius 1 is 1.04 bits per heavy atom. The lowest BCUT2D eigenvalue weighted by Crippen LogP contribution is -2.41. The Hall–Kier alpha value is -4.77. The van der Waals surface area contributed by atoms with E-state index in [0.29, 0.717) is 53.3 Å². The molecule has 238 valence electrons. The summed E-state index contributed by atoms with van der Waals surface area (Å²) in [5.41, 5.74) is 1.94. The van der Waals surface area contributed by atoms with Gasteiger partial charge in [0.1, 0.15) is 6.10 Å². The van der Waals surface area contributed by atoms with E-state index in [9.17, 15) is 22.4 Å². The standard InChI is InChI=1S/C35H33F4N5O2/c36-34-28-20-25(12-14-30(28)41-42-34)33(29(21-35(37,38)39)24-8-2-1-3-9-24)26-13-15-31(40-22-26)46-27-10-6-16-43(23-27)17-7-11-32(45)44-18-4-5-19-44/h1-4,7-9,11-15,18,20,22,27H,5-6,10,16-17,19,21,23H2,(H,41,42)/b11-7+,33-29-/t27-/m1/s1. The number of ether oxygens (including phenoxy) is 1. The van der Waals surface area contributed by atoms with Crippen LogP contribution in [0.25, 0.3) is 22.0 Å². The molecule has 11 heteroatoms. The first-order valence-corrected chi connectivity index (χ1v) is 15.2. The number of carbonyl (C=O) groups is 1. The first-order chi connectivity index (χ1) is 22.2. The Balaban J connectivity index is 1.25. The Morgan fingerprint density at radius 3 is 2.61 bits per heavy atom. The van der Waals surface area contributed by atoms with Crippen LogP contribution in [0.5, 0.6) is 5.88 Å². The zero-order chi connectivity index (χ0) is 32.1. The normalized spacial score (nSPS) is 18.0. The number of halogens is 4. The van der Waals surface area contributed by atoms with Gasteiger partial charge in [0.05, 0.1) is 17.3 Å². The van der Waals surface area contributed by atoms with Gasteiger partial charge in [-0.3, -0.25) is 14.8 Å². The van der Waals surface area contributed by atoms with Gasteiger partial charge in [-0.1, -0.05) is 48.6 Å². The first-order valence-electron chi connectivity index (χ1n) is 15.2. The maximum Gasteiger partial charge on any atom is 0.393 e. The van der Waals surface area contributed by atoms with Crippen molar-refractivity contribution in [1.29, 1.82) is 0 Å². The number of hydrogen-bond donors (Lipinski definition) is 1. The fraction of sp³-hybridized carbons (Fsp3) is 0.286. The Labute approximate surface area is 263 Å². The average molecular weight is 632 g/mol. The number of piperidine rings is 1. The second kappa shape index (κ2) is 13.7. The number of rotatable bonds is 9. The van der Waals surface area contributed by atoms with Crippen LogP contribution in [0.1, 0.15) is 42.4 Å². The molecule has 2 aromatic carbocycles. The van der Waals surface area contributed by atoms with E-state index in [0.717, 1.165) is 25.8 Å². The number of nitrogens with zero attached hydrogens (tertiary/aromatic N) is 4. The van der Waals surface area contributed by atoms with E-state index in [4.69, 9.17) is 4.74 Å². The van der Waals surface area contributed by atoms with Crippen LogP contribution in [-0.4, -0.2) is 69.3 Å². The summed E-state index contributed by atoms with van der Waals surface area (Å²) in [6, 6.07) is 16.4. The van der Waals surface area contributed by atoms with Crippen LogP contribution in [0, 0.1) is 5.95 Å². The summed E-state index contributed by atoms with van der Waals surface area (Å²) >= 11 is 0. The number of likely N-dealkylation sites (tertiary alicyclic amines) is 1. The predicted octanol–water partition coefficient (Wildman–Crippen LogP) is 7.15. The Morgan fingerprint density at radius 2 is 1.87 bits per heavy atom. The first kappa shape index (κ1) is 31.2. The molecule has 46 heavy (non-hydrogen) atoms. The Kier molecular flexibility index (Phi) is 9.30. The number of aromatic nitrogens is 3. The minimum Gasteiger partial charge on any atom is -0.473 e. The lowest BCUT2D eigenvalue weighted by molar-refractivity contribution is -0.124. The van der Waals surface area contributed by atoms with Crippen LogP contribution in [0.4, 0.5) is 17.6 Å². The van der Waals surface area contributed by atoms with Crippen molar-refractivity contribution in [3.63, 3.8) is 0 Å². The molecule has 0 aliphatic carbocycles. The van der Waals surface area contributed by atoms with Crippen molar-refractivity contribution >= 4 is 28.0 Å². The molecule has 0 saturated carbocycles. The van der Waals surface area contributed by atoms with Gasteiger partial charge in [-0.05, 0) is 66.3 Å². The van der Waals surface area contributed by atoms with E-state index >= 15 is 0 Å². The van der Waals surface area contributed by atoms with Gasteiger partial charge in [0.2, 0.25) is 17.7 Å². The molecule has 2 aromatic heterocycles. The molecule has 6 rings (SSSR count). The summed E-state index contributed by atoms with van der Waals surface area (Å²) in [7, 11) is 0. The molecule has 0 spiro atoms. The largest absolute Gasteiger partial charge is 0.473 e. The van der Waals surface area contributed by atoms with E-state index in [2.05, 4.69) is 20.1 Å². The number of alkyl halides is 3. The molecule has 7 nitrogen and oxygen atoms in total. The topological polar surface area (TPSA) is 74.4 Å². The predicted molar refractivity (Wildman–Crippen MR) is 168 cm³/mol. The second-order valence-electron chi connectivity index (χ2n) is 11.4. The van der Waals surface area contributed by atoms with Gasteiger partial charge >= 0.3 is 6.18 Å². The van der Waals surface area contributed by atoms with E-state index in [1.165, 1.54) is 12.3 Å². The Bertz CT molecular complexity index is 1760. The molecule has 1 amide bonds. The number of aromatic amines is 1. The SMILES string of the molecule is O=C(/C=C/CN1CCC[C@@H](Oc2ccc(/C(=C(/CC(F)(F)F)c3ccccc3)c3ccc4n[nH]c(F)c4c3)cn2)C1)N1C=CCC1.